The number of rotatable bonds is 6. The molecule has 0 fully saturated rings. The molecule has 0 spiro atoms. The van der Waals surface area contributed by atoms with Crippen LogP contribution in [0, 0.1) is 18.6 Å². The van der Waals surface area contributed by atoms with E-state index in [2.05, 4.69) is 15.5 Å². The average Bonchev–Trinajstić information content (AvgIpc) is 3.05. The predicted octanol–water partition coefficient (Wildman–Crippen LogP) is 4.28. The number of benzene rings is 2. The van der Waals surface area contributed by atoms with Gasteiger partial charge in [0.1, 0.15) is 11.6 Å². The van der Waals surface area contributed by atoms with Gasteiger partial charge in [-0.2, -0.15) is 0 Å². The molecule has 5 nitrogen and oxygen atoms in total. The van der Waals surface area contributed by atoms with Crippen molar-refractivity contribution in [2.75, 3.05) is 11.1 Å². The van der Waals surface area contributed by atoms with Gasteiger partial charge in [0.2, 0.25) is 5.91 Å². The molecule has 1 aromatic heterocycles. The highest BCUT2D eigenvalue weighted by Gasteiger charge is 2.17. The molecule has 0 atom stereocenters. The molecule has 0 aliphatic rings. The van der Waals surface area contributed by atoms with Crippen molar-refractivity contribution in [2.24, 2.45) is 0 Å². The van der Waals surface area contributed by atoms with Crippen LogP contribution in [0.5, 0.6) is 0 Å². The number of nitrogens with one attached hydrogen (secondary N) is 1. The lowest BCUT2D eigenvalue weighted by Gasteiger charge is -2.09. The molecule has 140 valence electrons. The molecule has 1 N–H and O–H groups in total. The normalized spacial score (nSPS) is 10.8. The van der Waals surface area contributed by atoms with E-state index < -0.39 is 0 Å². The molecule has 0 saturated heterocycles. The third kappa shape index (κ3) is 4.33. The smallest absolute Gasteiger partial charge is 0.234 e. The van der Waals surface area contributed by atoms with E-state index >= 15 is 0 Å². The zero-order valence-corrected chi connectivity index (χ0v) is 15.7. The number of carbonyl (C=O) groups is 1. The van der Waals surface area contributed by atoms with E-state index in [4.69, 9.17) is 0 Å². The van der Waals surface area contributed by atoms with Crippen molar-refractivity contribution in [3.05, 3.63) is 59.7 Å². The largest absolute Gasteiger partial charge is 0.325 e. The van der Waals surface area contributed by atoms with Crippen LogP contribution in [0.2, 0.25) is 0 Å². The Morgan fingerprint density at radius 1 is 1.19 bits per heavy atom. The maximum absolute atomic E-state index is 14.0. The number of anilines is 1. The van der Waals surface area contributed by atoms with Gasteiger partial charge in [-0.3, -0.25) is 4.79 Å². The lowest BCUT2D eigenvalue weighted by atomic mass is 10.2. The van der Waals surface area contributed by atoms with Gasteiger partial charge >= 0.3 is 0 Å². The highest BCUT2D eigenvalue weighted by atomic mass is 32.2. The van der Waals surface area contributed by atoms with Crippen molar-refractivity contribution in [3.8, 4) is 11.4 Å². The number of aryl methyl sites for hydroxylation is 1. The molecule has 0 unspecified atom stereocenters. The van der Waals surface area contributed by atoms with Gasteiger partial charge in [0, 0.05) is 12.2 Å². The fourth-order valence-electron chi connectivity index (χ4n) is 2.61. The van der Waals surface area contributed by atoms with Crippen LogP contribution in [0.15, 0.2) is 47.6 Å². The van der Waals surface area contributed by atoms with Crippen LogP contribution in [0.25, 0.3) is 11.4 Å². The first-order valence-corrected chi connectivity index (χ1v) is 9.35. The summed E-state index contributed by atoms with van der Waals surface area (Å²) in [4.78, 5) is 12.2. The Bertz CT molecular complexity index is 974. The summed E-state index contributed by atoms with van der Waals surface area (Å²) in [6.45, 7) is 4.16. The molecular formula is C19H18F2N4OS. The third-order valence-corrected chi connectivity index (χ3v) is 4.91. The first-order chi connectivity index (χ1) is 13.0. The molecular weight excluding hydrogens is 370 g/mol. The quantitative estimate of drug-likeness (QED) is 0.640. The summed E-state index contributed by atoms with van der Waals surface area (Å²) in [6.07, 6.45) is 0. The minimum Gasteiger partial charge on any atom is -0.325 e. The predicted molar refractivity (Wildman–Crippen MR) is 102 cm³/mol. The van der Waals surface area contributed by atoms with Crippen molar-refractivity contribution in [1.29, 1.82) is 0 Å². The minimum absolute atomic E-state index is 0.103. The second-order valence-electron chi connectivity index (χ2n) is 5.83. The number of halogens is 2. The van der Waals surface area contributed by atoms with Crippen molar-refractivity contribution >= 4 is 23.4 Å². The van der Waals surface area contributed by atoms with Crippen LogP contribution in [0.1, 0.15) is 12.5 Å². The Kier molecular flexibility index (Phi) is 5.85. The highest BCUT2D eigenvalue weighted by molar-refractivity contribution is 7.99. The van der Waals surface area contributed by atoms with Crippen molar-refractivity contribution < 1.29 is 13.6 Å². The summed E-state index contributed by atoms with van der Waals surface area (Å²) in [5.74, 6) is -0.440. The van der Waals surface area contributed by atoms with E-state index in [-0.39, 0.29) is 23.3 Å². The van der Waals surface area contributed by atoms with Crippen LogP contribution in [-0.4, -0.2) is 26.4 Å². The first kappa shape index (κ1) is 19.0. The van der Waals surface area contributed by atoms with Gasteiger partial charge in [0.05, 0.1) is 11.3 Å². The second kappa shape index (κ2) is 8.30. The van der Waals surface area contributed by atoms with E-state index in [0.717, 1.165) is 0 Å². The topological polar surface area (TPSA) is 59.8 Å². The molecule has 1 heterocycles. The van der Waals surface area contributed by atoms with Gasteiger partial charge < -0.3 is 9.88 Å². The van der Waals surface area contributed by atoms with E-state index in [1.165, 1.54) is 36.0 Å². The number of aromatic nitrogens is 3. The molecule has 0 bridgehead atoms. The Morgan fingerprint density at radius 2 is 1.96 bits per heavy atom. The lowest BCUT2D eigenvalue weighted by Crippen LogP contribution is -2.15. The van der Waals surface area contributed by atoms with Crippen LogP contribution < -0.4 is 5.32 Å². The fraction of sp³-hybridized carbons (Fsp3) is 0.211. The summed E-state index contributed by atoms with van der Waals surface area (Å²) in [6, 6.07) is 10.5. The van der Waals surface area contributed by atoms with E-state index in [1.807, 2.05) is 6.92 Å². The second-order valence-corrected chi connectivity index (χ2v) is 6.77. The Labute approximate surface area is 159 Å². The van der Waals surface area contributed by atoms with E-state index in [9.17, 15) is 13.6 Å². The number of carbonyl (C=O) groups excluding carboxylic acids is 1. The summed E-state index contributed by atoms with van der Waals surface area (Å²) in [5.41, 5.74) is 1.57. The number of thioether (sulfide) groups is 1. The Balaban J connectivity index is 1.71. The van der Waals surface area contributed by atoms with E-state index in [1.54, 1.807) is 29.7 Å². The molecule has 3 rings (SSSR count). The van der Waals surface area contributed by atoms with Gasteiger partial charge in [-0.05, 0) is 49.7 Å². The summed E-state index contributed by atoms with van der Waals surface area (Å²) in [5, 5.41) is 11.5. The van der Waals surface area contributed by atoms with Crippen LogP contribution in [0.3, 0.4) is 0 Å². The van der Waals surface area contributed by atoms with Crippen LogP contribution in [-0.2, 0) is 11.3 Å². The number of hydrogen-bond donors (Lipinski definition) is 1. The molecule has 0 aliphatic heterocycles. The SMILES string of the molecule is CCn1c(SCC(=O)Nc2ccc(F)cc2C)nnc1-c1ccccc1F. The fourth-order valence-corrected chi connectivity index (χ4v) is 3.41. The number of amides is 1. The summed E-state index contributed by atoms with van der Waals surface area (Å²) in [7, 11) is 0. The standard InChI is InChI=1S/C19H18F2N4OS/c1-3-25-18(14-6-4-5-7-15(14)21)23-24-19(25)27-11-17(26)22-16-9-8-13(20)10-12(16)2/h4-10H,3,11H2,1-2H3,(H,22,26). The van der Waals surface area contributed by atoms with Gasteiger partial charge in [0.15, 0.2) is 11.0 Å². The van der Waals surface area contributed by atoms with Gasteiger partial charge in [-0.15, -0.1) is 10.2 Å². The van der Waals surface area contributed by atoms with Crippen molar-refractivity contribution in [2.45, 2.75) is 25.5 Å². The van der Waals surface area contributed by atoms with Gasteiger partial charge in [-0.25, -0.2) is 8.78 Å². The maximum Gasteiger partial charge on any atom is 0.234 e. The maximum atomic E-state index is 14.0. The molecule has 0 aliphatic carbocycles. The van der Waals surface area contributed by atoms with Gasteiger partial charge in [-0.1, -0.05) is 23.9 Å². The minimum atomic E-state index is -0.374. The lowest BCUT2D eigenvalue weighted by molar-refractivity contribution is -0.113. The Morgan fingerprint density at radius 3 is 2.67 bits per heavy atom. The highest BCUT2D eigenvalue weighted by Crippen LogP contribution is 2.26. The molecule has 3 aromatic rings. The molecule has 8 heteroatoms. The summed E-state index contributed by atoms with van der Waals surface area (Å²) >= 11 is 1.21. The molecule has 27 heavy (non-hydrogen) atoms. The van der Waals surface area contributed by atoms with Crippen LogP contribution >= 0.6 is 11.8 Å². The molecule has 0 radical (unpaired) electrons. The molecule has 2 aromatic carbocycles. The zero-order chi connectivity index (χ0) is 19.4. The first-order valence-electron chi connectivity index (χ1n) is 8.36. The molecule has 1 amide bonds. The molecule has 0 saturated carbocycles. The summed E-state index contributed by atoms with van der Waals surface area (Å²) < 4.78 is 29.0. The van der Waals surface area contributed by atoms with Crippen LogP contribution in [0.4, 0.5) is 14.5 Å². The Hall–Kier alpha value is -2.74. The zero-order valence-electron chi connectivity index (χ0n) is 14.9. The number of nitrogens with zero attached hydrogens (tertiary/aromatic N) is 3. The van der Waals surface area contributed by atoms with E-state index in [0.29, 0.717) is 34.3 Å². The van der Waals surface area contributed by atoms with Gasteiger partial charge in [0.25, 0.3) is 0 Å². The van der Waals surface area contributed by atoms with Crippen molar-refractivity contribution in [1.82, 2.24) is 14.8 Å². The monoisotopic (exact) mass is 388 g/mol. The third-order valence-electron chi connectivity index (χ3n) is 3.94. The average molecular weight is 388 g/mol. The van der Waals surface area contributed by atoms with Crippen molar-refractivity contribution in [3.63, 3.8) is 0 Å². The number of hydrogen-bond acceptors (Lipinski definition) is 4.